The molecule has 0 spiro atoms. The van der Waals surface area contributed by atoms with Crippen molar-refractivity contribution in [2.45, 2.75) is 72.0 Å². The molecule has 6 heteroatoms. The molecular weight excluding hydrogens is 456 g/mol. The molecule has 0 aliphatic rings. The van der Waals surface area contributed by atoms with Gasteiger partial charge in [-0.3, -0.25) is 0 Å². The van der Waals surface area contributed by atoms with Crippen molar-refractivity contribution in [1.82, 2.24) is 19.8 Å². The predicted octanol–water partition coefficient (Wildman–Crippen LogP) is 6.08. The van der Waals surface area contributed by atoms with E-state index in [1.807, 2.05) is 26.2 Å². The Labute approximate surface area is 225 Å². The van der Waals surface area contributed by atoms with Gasteiger partial charge in [-0.25, -0.2) is 9.97 Å². The molecule has 0 amide bonds. The van der Waals surface area contributed by atoms with Gasteiger partial charge in [0.15, 0.2) is 0 Å². The fourth-order valence-corrected chi connectivity index (χ4v) is 3.75. The molecule has 0 saturated carbocycles. The van der Waals surface area contributed by atoms with Crippen LogP contribution in [0.25, 0.3) is 0 Å². The monoisotopic (exact) mass is 504 g/mol. The van der Waals surface area contributed by atoms with Crippen LogP contribution in [0.4, 0.5) is 11.6 Å². The third kappa shape index (κ3) is 10.9. The quantitative estimate of drug-likeness (QED) is 0.407. The van der Waals surface area contributed by atoms with E-state index >= 15 is 0 Å². The van der Waals surface area contributed by atoms with Gasteiger partial charge < -0.3 is 20.9 Å². The summed E-state index contributed by atoms with van der Waals surface area (Å²) in [5, 5.41) is 3.46. The van der Waals surface area contributed by atoms with Gasteiger partial charge in [0.25, 0.3) is 0 Å². The molecule has 0 fully saturated rings. The van der Waals surface area contributed by atoms with E-state index in [0.29, 0.717) is 5.82 Å². The van der Waals surface area contributed by atoms with Crippen LogP contribution in [0.15, 0.2) is 54.6 Å². The van der Waals surface area contributed by atoms with Crippen molar-refractivity contribution in [2.75, 3.05) is 39.2 Å². The SMILES string of the molecule is CN(C)Cc1cc(C(C)(C)C)cc(N)n1.CN(C)Cc1cc(C(C)(C)C)cc(NCc2ccccc2)n1. The number of nitrogens with zero attached hydrogens (tertiary/aromatic N) is 4. The van der Waals surface area contributed by atoms with Gasteiger partial charge in [0.1, 0.15) is 11.6 Å². The van der Waals surface area contributed by atoms with Gasteiger partial charge in [-0.1, -0.05) is 71.9 Å². The topological polar surface area (TPSA) is 70.3 Å². The Morgan fingerprint density at radius 1 is 0.703 bits per heavy atom. The molecule has 3 N–H and O–H groups in total. The molecule has 0 bridgehead atoms. The molecule has 37 heavy (non-hydrogen) atoms. The lowest BCUT2D eigenvalue weighted by molar-refractivity contribution is 0.396. The minimum absolute atomic E-state index is 0.118. The normalized spacial score (nSPS) is 11.9. The Bertz CT molecular complexity index is 1110. The van der Waals surface area contributed by atoms with Crippen LogP contribution in [-0.4, -0.2) is 48.0 Å². The smallest absolute Gasteiger partial charge is 0.126 e. The number of rotatable bonds is 7. The van der Waals surface area contributed by atoms with Crippen LogP contribution in [-0.2, 0) is 30.5 Å². The van der Waals surface area contributed by atoms with Crippen LogP contribution in [0.5, 0.6) is 0 Å². The number of pyridine rings is 2. The number of benzene rings is 1. The fourth-order valence-electron chi connectivity index (χ4n) is 3.75. The maximum atomic E-state index is 5.80. The minimum atomic E-state index is 0.118. The number of hydrogen-bond acceptors (Lipinski definition) is 6. The highest BCUT2D eigenvalue weighted by atomic mass is 15.1. The summed E-state index contributed by atoms with van der Waals surface area (Å²) in [6.07, 6.45) is 0. The number of nitrogens with two attached hydrogens (primary N) is 1. The van der Waals surface area contributed by atoms with Crippen molar-refractivity contribution in [3.8, 4) is 0 Å². The molecule has 2 aromatic heterocycles. The molecule has 3 aromatic rings. The first-order valence-electron chi connectivity index (χ1n) is 13.0. The van der Waals surface area contributed by atoms with Crippen molar-refractivity contribution < 1.29 is 0 Å². The summed E-state index contributed by atoms with van der Waals surface area (Å²) in [4.78, 5) is 13.3. The second-order valence-electron chi connectivity index (χ2n) is 12.3. The molecule has 0 atom stereocenters. The standard InChI is InChI=1S/C19H27N3.C12H21N3/c1-19(2,3)16-11-17(14-22(4)5)21-18(12-16)20-13-15-9-7-6-8-10-15;1-12(2,3)9-6-10(8-15(4)5)14-11(13)7-9/h6-12H,13-14H2,1-5H3,(H,20,21);6-7H,8H2,1-5H3,(H2,13,14). The zero-order valence-electron chi connectivity index (χ0n) is 24.7. The van der Waals surface area contributed by atoms with E-state index in [2.05, 4.69) is 118 Å². The Morgan fingerprint density at radius 2 is 1.19 bits per heavy atom. The minimum Gasteiger partial charge on any atom is -0.384 e. The van der Waals surface area contributed by atoms with E-state index in [-0.39, 0.29) is 10.8 Å². The van der Waals surface area contributed by atoms with Gasteiger partial charge in [0.2, 0.25) is 0 Å². The summed E-state index contributed by atoms with van der Waals surface area (Å²) in [7, 11) is 8.20. The molecule has 2 heterocycles. The van der Waals surface area contributed by atoms with Crippen LogP contribution in [0, 0.1) is 0 Å². The average molecular weight is 505 g/mol. The molecule has 0 radical (unpaired) electrons. The third-order valence-electron chi connectivity index (χ3n) is 5.78. The Balaban J connectivity index is 0.000000281. The molecule has 0 aliphatic carbocycles. The van der Waals surface area contributed by atoms with E-state index in [9.17, 15) is 0 Å². The summed E-state index contributed by atoms with van der Waals surface area (Å²) in [5.74, 6) is 1.56. The lowest BCUT2D eigenvalue weighted by Gasteiger charge is -2.22. The zero-order valence-corrected chi connectivity index (χ0v) is 24.7. The summed E-state index contributed by atoms with van der Waals surface area (Å²) < 4.78 is 0. The molecule has 0 aliphatic heterocycles. The largest absolute Gasteiger partial charge is 0.384 e. The van der Waals surface area contributed by atoms with E-state index in [4.69, 9.17) is 10.7 Å². The van der Waals surface area contributed by atoms with Crippen molar-refractivity contribution in [2.24, 2.45) is 0 Å². The van der Waals surface area contributed by atoms with Crippen molar-refractivity contribution >= 4 is 11.6 Å². The predicted molar refractivity (Wildman–Crippen MR) is 159 cm³/mol. The number of nitrogen functional groups attached to an aromatic ring is 1. The summed E-state index contributed by atoms with van der Waals surface area (Å²) in [5.41, 5.74) is 12.0. The maximum absolute atomic E-state index is 5.80. The van der Waals surface area contributed by atoms with Crippen LogP contribution < -0.4 is 11.1 Å². The molecule has 1 aromatic carbocycles. The zero-order chi connectivity index (χ0) is 27.8. The molecule has 0 unspecified atom stereocenters. The second kappa shape index (κ2) is 13.0. The Morgan fingerprint density at radius 3 is 1.68 bits per heavy atom. The van der Waals surface area contributed by atoms with Crippen molar-refractivity contribution in [3.63, 3.8) is 0 Å². The maximum Gasteiger partial charge on any atom is 0.126 e. The van der Waals surface area contributed by atoms with Gasteiger partial charge in [0, 0.05) is 19.6 Å². The molecule has 0 saturated heterocycles. The fraction of sp³-hybridized carbons (Fsp3) is 0.484. The first kappa shape index (κ1) is 30.3. The molecular formula is C31H48N6. The van der Waals surface area contributed by atoms with Gasteiger partial charge >= 0.3 is 0 Å². The van der Waals surface area contributed by atoms with E-state index < -0.39 is 0 Å². The lowest BCUT2D eigenvalue weighted by Crippen LogP contribution is -2.17. The number of anilines is 2. The Kier molecular flexibility index (Phi) is 10.6. The van der Waals surface area contributed by atoms with Gasteiger partial charge in [-0.05, 0) is 80.0 Å². The first-order valence-corrected chi connectivity index (χ1v) is 13.0. The van der Waals surface area contributed by atoms with Crippen LogP contribution in [0.1, 0.15) is 69.6 Å². The summed E-state index contributed by atoms with van der Waals surface area (Å²) in [6.45, 7) is 15.7. The highest BCUT2D eigenvalue weighted by Crippen LogP contribution is 2.26. The van der Waals surface area contributed by atoms with Crippen LogP contribution >= 0.6 is 0 Å². The summed E-state index contributed by atoms with van der Waals surface area (Å²) >= 11 is 0. The highest BCUT2D eigenvalue weighted by Gasteiger charge is 2.17. The van der Waals surface area contributed by atoms with E-state index in [0.717, 1.165) is 36.8 Å². The number of aromatic nitrogens is 2. The molecule has 6 nitrogen and oxygen atoms in total. The van der Waals surface area contributed by atoms with Crippen LogP contribution in [0.2, 0.25) is 0 Å². The van der Waals surface area contributed by atoms with Gasteiger partial charge in [0.05, 0.1) is 11.4 Å². The molecule has 3 rings (SSSR count). The average Bonchev–Trinajstić information content (AvgIpc) is 2.76. The second-order valence-corrected chi connectivity index (χ2v) is 12.3. The van der Waals surface area contributed by atoms with Crippen molar-refractivity contribution in [1.29, 1.82) is 0 Å². The van der Waals surface area contributed by atoms with E-state index in [1.54, 1.807) is 0 Å². The van der Waals surface area contributed by atoms with E-state index in [1.165, 1.54) is 16.7 Å². The van der Waals surface area contributed by atoms with Crippen molar-refractivity contribution in [3.05, 3.63) is 82.7 Å². The first-order chi connectivity index (χ1) is 17.1. The van der Waals surface area contributed by atoms with Crippen LogP contribution in [0.3, 0.4) is 0 Å². The lowest BCUT2D eigenvalue weighted by atomic mass is 9.87. The summed E-state index contributed by atoms with van der Waals surface area (Å²) in [6, 6.07) is 18.9. The number of nitrogens with one attached hydrogen (secondary N) is 1. The van der Waals surface area contributed by atoms with Gasteiger partial charge in [-0.2, -0.15) is 0 Å². The third-order valence-corrected chi connectivity index (χ3v) is 5.78. The highest BCUT2D eigenvalue weighted by molar-refractivity contribution is 5.43. The molecule has 202 valence electrons. The number of hydrogen-bond donors (Lipinski definition) is 2. The Hall–Kier alpha value is -2.96. The van der Waals surface area contributed by atoms with Gasteiger partial charge in [-0.15, -0.1) is 0 Å².